The second-order valence-corrected chi connectivity index (χ2v) is 11.7. The van der Waals surface area contributed by atoms with Crippen molar-refractivity contribution in [2.45, 2.75) is 51.2 Å². The summed E-state index contributed by atoms with van der Waals surface area (Å²) >= 11 is 0. The number of benzene rings is 2. The first-order valence-electron chi connectivity index (χ1n) is 14.9. The summed E-state index contributed by atoms with van der Waals surface area (Å²) in [5, 5.41) is 0. The highest BCUT2D eigenvalue weighted by molar-refractivity contribution is 5.79. The average Bonchev–Trinajstić information content (AvgIpc) is 3.38. The number of para-hydroxylation sites is 2. The fourth-order valence-electron chi connectivity index (χ4n) is 6.00. The Labute approximate surface area is 251 Å². The van der Waals surface area contributed by atoms with Gasteiger partial charge in [-0.05, 0) is 61.4 Å². The van der Waals surface area contributed by atoms with Crippen molar-refractivity contribution in [3.05, 3.63) is 72.2 Å². The summed E-state index contributed by atoms with van der Waals surface area (Å²) < 4.78 is 26.7. The normalized spacial score (nSPS) is 18.7. The SMILES string of the molecule is CC1CC(N(C)C(=O)OCOc2ccnc(N(C)C3CCN(c4nc5ccccc5n4Cc4ccc(F)cc4)CC3)n2)C1. The van der Waals surface area contributed by atoms with E-state index in [1.807, 2.05) is 37.4 Å². The zero-order valence-electron chi connectivity index (χ0n) is 24.9. The minimum absolute atomic E-state index is 0.205. The molecule has 0 radical (unpaired) electrons. The highest BCUT2D eigenvalue weighted by Gasteiger charge is 2.32. The van der Waals surface area contributed by atoms with Gasteiger partial charge in [0.1, 0.15) is 5.82 Å². The van der Waals surface area contributed by atoms with Crippen LogP contribution in [0.4, 0.5) is 21.1 Å². The first-order chi connectivity index (χ1) is 20.9. The number of rotatable bonds is 9. The van der Waals surface area contributed by atoms with Gasteiger partial charge < -0.3 is 28.7 Å². The van der Waals surface area contributed by atoms with Crippen LogP contribution in [0, 0.1) is 11.7 Å². The smallest absolute Gasteiger partial charge is 0.412 e. The van der Waals surface area contributed by atoms with Crippen molar-refractivity contribution in [1.82, 2.24) is 24.4 Å². The summed E-state index contributed by atoms with van der Waals surface area (Å²) in [6, 6.07) is 16.9. The standard InChI is InChI=1S/C32H38FN7O3/c1-22-18-26(19-22)38(3)32(41)43-21-42-29-12-15-34-30(36-29)37(2)25-13-16-39(17-14-25)31-35-27-6-4-5-7-28(27)40(31)20-23-8-10-24(33)11-9-23/h4-12,15,22,25-26H,13-14,16-21H2,1-3H3. The number of halogens is 1. The number of piperidine rings is 1. The number of imidazole rings is 1. The molecule has 0 unspecified atom stereocenters. The monoisotopic (exact) mass is 587 g/mol. The Morgan fingerprint density at radius 1 is 1.00 bits per heavy atom. The van der Waals surface area contributed by atoms with Crippen LogP contribution in [0.1, 0.15) is 38.2 Å². The molecule has 1 amide bonds. The van der Waals surface area contributed by atoms with E-state index in [0.29, 0.717) is 24.3 Å². The van der Waals surface area contributed by atoms with Crippen LogP contribution in [0.25, 0.3) is 11.0 Å². The Morgan fingerprint density at radius 2 is 1.74 bits per heavy atom. The number of hydrogen-bond donors (Lipinski definition) is 0. The van der Waals surface area contributed by atoms with E-state index in [9.17, 15) is 9.18 Å². The van der Waals surface area contributed by atoms with Gasteiger partial charge in [0.25, 0.3) is 0 Å². The Kier molecular flexibility index (Phi) is 8.31. The van der Waals surface area contributed by atoms with E-state index in [4.69, 9.17) is 14.5 Å². The molecule has 1 saturated carbocycles. The third-order valence-electron chi connectivity index (χ3n) is 8.69. The average molecular weight is 588 g/mol. The van der Waals surface area contributed by atoms with Gasteiger partial charge in [-0.1, -0.05) is 31.2 Å². The minimum atomic E-state index is -0.388. The van der Waals surface area contributed by atoms with Crippen molar-refractivity contribution in [2.24, 2.45) is 5.92 Å². The second-order valence-electron chi connectivity index (χ2n) is 11.7. The van der Waals surface area contributed by atoms with Gasteiger partial charge in [-0.2, -0.15) is 4.98 Å². The molecule has 1 aliphatic carbocycles. The van der Waals surface area contributed by atoms with Crippen LogP contribution in [0.5, 0.6) is 5.88 Å². The molecule has 43 heavy (non-hydrogen) atoms. The lowest BCUT2D eigenvalue weighted by Crippen LogP contribution is -2.45. The van der Waals surface area contributed by atoms with Gasteiger partial charge in [0.15, 0.2) is 0 Å². The van der Waals surface area contributed by atoms with Crippen molar-refractivity contribution in [3.8, 4) is 5.88 Å². The molecule has 3 heterocycles. The van der Waals surface area contributed by atoms with E-state index in [-0.39, 0.29) is 30.8 Å². The molecular formula is C32H38FN7O3. The Balaban J connectivity index is 1.06. The second kappa shape index (κ2) is 12.4. The molecule has 0 spiro atoms. The number of amides is 1. The highest BCUT2D eigenvalue weighted by Crippen LogP contribution is 2.31. The lowest BCUT2D eigenvalue weighted by atomic mass is 9.81. The fraction of sp³-hybridized carbons (Fsp3) is 0.438. The van der Waals surface area contributed by atoms with Gasteiger partial charge in [-0.15, -0.1) is 0 Å². The lowest BCUT2D eigenvalue weighted by molar-refractivity contribution is 0.0166. The molecule has 6 rings (SSSR count). The first kappa shape index (κ1) is 28.7. The molecule has 0 atom stereocenters. The largest absolute Gasteiger partial charge is 0.440 e. The van der Waals surface area contributed by atoms with Gasteiger partial charge in [-0.25, -0.2) is 19.2 Å². The third kappa shape index (κ3) is 6.35. The molecule has 0 N–H and O–H groups in total. The molecule has 2 aromatic heterocycles. The van der Waals surface area contributed by atoms with Crippen molar-refractivity contribution in [1.29, 1.82) is 0 Å². The van der Waals surface area contributed by atoms with Gasteiger partial charge in [0.2, 0.25) is 24.6 Å². The fourth-order valence-corrected chi connectivity index (χ4v) is 6.00. The quantitative estimate of drug-likeness (QED) is 0.243. The van der Waals surface area contributed by atoms with Crippen LogP contribution in [0.3, 0.4) is 0 Å². The summed E-state index contributed by atoms with van der Waals surface area (Å²) in [5.41, 5.74) is 3.02. The predicted octanol–water partition coefficient (Wildman–Crippen LogP) is 5.32. The van der Waals surface area contributed by atoms with E-state index in [0.717, 1.165) is 61.3 Å². The predicted molar refractivity (Wildman–Crippen MR) is 163 cm³/mol. The van der Waals surface area contributed by atoms with Crippen molar-refractivity contribution < 1.29 is 18.7 Å². The summed E-state index contributed by atoms with van der Waals surface area (Å²) in [7, 11) is 3.76. The van der Waals surface area contributed by atoms with E-state index >= 15 is 0 Å². The summed E-state index contributed by atoms with van der Waals surface area (Å²) in [6.45, 7) is 4.23. The van der Waals surface area contributed by atoms with Gasteiger partial charge >= 0.3 is 6.09 Å². The van der Waals surface area contributed by atoms with Crippen LogP contribution in [0.2, 0.25) is 0 Å². The number of nitrogens with zero attached hydrogens (tertiary/aromatic N) is 7. The van der Waals surface area contributed by atoms with Crippen LogP contribution < -0.4 is 14.5 Å². The number of carbonyl (C=O) groups excluding carboxylic acids is 1. The zero-order chi connectivity index (χ0) is 29.9. The zero-order valence-corrected chi connectivity index (χ0v) is 24.9. The molecule has 4 aromatic rings. The number of hydrogen-bond acceptors (Lipinski definition) is 8. The molecule has 226 valence electrons. The van der Waals surface area contributed by atoms with Crippen molar-refractivity contribution in [2.75, 3.05) is 43.8 Å². The number of aromatic nitrogens is 4. The van der Waals surface area contributed by atoms with Crippen LogP contribution in [-0.4, -0.2) is 76.6 Å². The van der Waals surface area contributed by atoms with Gasteiger partial charge in [0, 0.05) is 51.5 Å². The van der Waals surface area contributed by atoms with Crippen molar-refractivity contribution >= 4 is 29.0 Å². The maximum absolute atomic E-state index is 13.5. The van der Waals surface area contributed by atoms with E-state index in [2.05, 4.69) is 37.3 Å². The summed E-state index contributed by atoms with van der Waals surface area (Å²) in [4.78, 5) is 32.4. The Morgan fingerprint density at radius 3 is 2.49 bits per heavy atom. The van der Waals surface area contributed by atoms with Crippen LogP contribution in [0.15, 0.2) is 60.8 Å². The van der Waals surface area contributed by atoms with E-state index in [1.165, 1.54) is 12.1 Å². The molecule has 2 aromatic carbocycles. The number of anilines is 2. The van der Waals surface area contributed by atoms with E-state index < -0.39 is 0 Å². The highest BCUT2D eigenvalue weighted by atomic mass is 19.1. The summed E-state index contributed by atoms with van der Waals surface area (Å²) in [6.07, 6.45) is 5.07. The van der Waals surface area contributed by atoms with Gasteiger partial charge in [-0.3, -0.25) is 0 Å². The van der Waals surface area contributed by atoms with Gasteiger partial charge in [0.05, 0.1) is 17.6 Å². The molecule has 0 bridgehead atoms. The number of ether oxygens (including phenoxy) is 2. The van der Waals surface area contributed by atoms with E-state index in [1.54, 1.807) is 24.2 Å². The minimum Gasteiger partial charge on any atom is -0.440 e. The first-order valence-corrected chi connectivity index (χ1v) is 14.9. The Bertz CT molecular complexity index is 1550. The molecule has 2 fully saturated rings. The molecular weight excluding hydrogens is 549 g/mol. The molecule has 11 heteroatoms. The molecule has 10 nitrogen and oxygen atoms in total. The van der Waals surface area contributed by atoms with Crippen molar-refractivity contribution in [3.63, 3.8) is 0 Å². The molecule has 1 saturated heterocycles. The maximum atomic E-state index is 13.5. The number of fused-ring (bicyclic) bond motifs is 1. The topological polar surface area (TPSA) is 88.9 Å². The number of carbonyl (C=O) groups is 1. The summed E-state index contributed by atoms with van der Waals surface area (Å²) in [5.74, 6) is 2.25. The van der Waals surface area contributed by atoms with Crippen LogP contribution >= 0.6 is 0 Å². The maximum Gasteiger partial charge on any atom is 0.412 e. The Hall–Kier alpha value is -4.41. The van der Waals surface area contributed by atoms with Crippen LogP contribution in [-0.2, 0) is 11.3 Å². The molecule has 1 aliphatic heterocycles. The molecule has 2 aliphatic rings. The third-order valence-corrected chi connectivity index (χ3v) is 8.69. The lowest BCUT2D eigenvalue weighted by Gasteiger charge is -2.38.